The molecule has 46 heavy (non-hydrogen) atoms. The van der Waals surface area contributed by atoms with Crippen molar-refractivity contribution in [2.75, 3.05) is 0 Å². The van der Waals surface area contributed by atoms with E-state index >= 15 is 0 Å². The van der Waals surface area contributed by atoms with Gasteiger partial charge in [-0.15, -0.1) is 0 Å². The van der Waals surface area contributed by atoms with E-state index < -0.39 is 23.7 Å². The third-order valence-electron chi connectivity index (χ3n) is 11.1. The van der Waals surface area contributed by atoms with Gasteiger partial charge < -0.3 is 0 Å². The Hall–Kier alpha value is -5.74. The van der Waals surface area contributed by atoms with Gasteiger partial charge in [-0.05, 0) is 148 Å². The molecule has 4 heteroatoms. The van der Waals surface area contributed by atoms with Gasteiger partial charge in [-0.2, -0.15) is 0 Å². The van der Waals surface area contributed by atoms with E-state index in [-0.39, 0.29) is 23.1 Å². The van der Waals surface area contributed by atoms with Crippen LogP contribution < -0.4 is 0 Å². The molecule has 0 saturated carbocycles. The maximum absolute atomic E-state index is 13.5. The molecule has 214 valence electrons. The second kappa shape index (κ2) is 8.09. The number of carbonyl (C=O) groups is 4. The lowest BCUT2D eigenvalue weighted by Crippen LogP contribution is -2.40. The Morgan fingerprint density at radius 2 is 0.457 bits per heavy atom. The van der Waals surface area contributed by atoms with Gasteiger partial charge >= 0.3 is 0 Å². The molecule has 4 atom stereocenters. The molecule has 0 amide bonds. The van der Waals surface area contributed by atoms with Crippen molar-refractivity contribution in [2.24, 2.45) is 0 Å². The first-order valence-corrected chi connectivity index (χ1v) is 15.7. The van der Waals surface area contributed by atoms with Gasteiger partial charge in [0.25, 0.3) is 0 Å². The molecule has 4 bridgehead atoms. The lowest BCUT2D eigenvalue weighted by atomic mass is 9.61. The van der Waals surface area contributed by atoms with Crippen molar-refractivity contribution >= 4 is 66.2 Å². The zero-order valence-corrected chi connectivity index (χ0v) is 24.3. The normalized spacial score (nSPS) is 22.1. The molecule has 7 aromatic rings. The molecule has 13 rings (SSSR count). The van der Waals surface area contributed by atoms with Crippen LogP contribution in [-0.4, -0.2) is 23.1 Å². The van der Waals surface area contributed by atoms with E-state index in [2.05, 4.69) is 60.7 Å². The highest BCUT2D eigenvalue weighted by atomic mass is 16.2. The number of fused-ring (bicyclic) bond motifs is 6. The third kappa shape index (κ3) is 2.86. The first-order chi connectivity index (χ1) is 22.4. The summed E-state index contributed by atoms with van der Waals surface area (Å²) in [4.78, 5) is 53.8. The molecule has 0 fully saturated rings. The molecule has 0 heterocycles. The van der Waals surface area contributed by atoms with Gasteiger partial charge in [0.1, 0.15) is 0 Å². The molecule has 4 nitrogen and oxygen atoms in total. The highest BCUT2D eigenvalue weighted by Crippen LogP contribution is 2.53. The Bertz CT molecular complexity index is 2330. The second-order valence-electron chi connectivity index (χ2n) is 13.4. The fraction of sp³-hybridized carbons (Fsp3) is 0.0952. The van der Waals surface area contributed by atoms with Crippen LogP contribution in [0.3, 0.4) is 0 Å². The Labute approximate surface area is 262 Å². The predicted molar refractivity (Wildman–Crippen MR) is 177 cm³/mol. The summed E-state index contributed by atoms with van der Waals surface area (Å²) >= 11 is 0. The van der Waals surface area contributed by atoms with Crippen LogP contribution in [0.4, 0.5) is 0 Å². The molecule has 0 radical (unpaired) electrons. The molecule has 0 aromatic heterocycles. The van der Waals surface area contributed by atoms with Gasteiger partial charge in [0.15, 0.2) is 0 Å². The summed E-state index contributed by atoms with van der Waals surface area (Å²) in [5, 5.41) is 8.17. The molecule has 0 aliphatic heterocycles. The minimum atomic E-state index is -0.610. The van der Waals surface area contributed by atoms with E-state index in [1.165, 1.54) is 0 Å². The molecule has 0 saturated heterocycles. The van der Waals surface area contributed by atoms with Gasteiger partial charge in [0.05, 0.1) is 23.7 Å². The van der Waals surface area contributed by atoms with Crippen molar-refractivity contribution in [3.8, 4) is 0 Å². The fourth-order valence-corrected chi connectivity index (χ4v) is 9.09. The molecular weight excluding hydrogens is 568 g/mol. The number of hydrogen-bond donors (Lipinski definition) is 0. The molecule has 0 spiro atoms. The van der Waals surface area contributed by atoms with Crippen molar-refractivity contribution in [1.82, 2.24) is 0 Å². The standard InChI is InChI=1S/C42H22O4/c43-39-35-27-11-19-5-1-2-6-20(19)12-28(27)36(40(39)44)32-16-24-10-26-18-34-33(17-25(26)9-23(24)15-31(32)35)37-29-13-21-7-3-4-8-22(21)14-30(29)38(34)42(46)41(37)45/h1-18,35-38H. The zero-order valence-electron chi connectivity index (χ0n) is 24.3. The number of hydrogen-bond acceptors (Lipinski definition) is 4. The molecule has 7 aromatic carbocycles. The Morgan fingerprint density at radius 1 is 0.261 bits per heavy atom. The van der Waals surface area contributed by atoms with Crippen LogP contribution in [0.5, 0.6) is 0 Å². The average molecular weight is 591 g/mol. The van der Waals surface area contributed by atoms with Gasteiger partial charge in [-0.1, -0.05) is 48.5 Å². The summed E-state index contributed by atoms with van der Waals surface area (Å²) in [5.41, 5.74) is 7.35. The minimum absolute atomic E-state index is 0.333. The average Bonchev–Trinajstić information content (AvgIpc) is 3.06. The van der Waals surface area contributed by atoms with Gasteiger partial charge in [0, 0.05) is 0 Å². The van der Waals surface area contributed by atoms with E-state index in [0.717, 1.165) is 87.6 Å². The summed E-state index contributed by atoms with van der Waals surface area (Å²) in [5.74, 6) is -3.77. The van der Waals surface area contributed by atoms with Crippen LogP contribution in [0.1, 0.15) is 68.2 Å². The first kappa shape index (κ1) is 24.6. The molecule has 6 aliphatic rings. The highest BCUT2D eigenvalue weighted by Gasteiger charge is 2.50. The molecule has 6 aliphatic carbocycles. The maximum Gasteiger partial charge on any atom is 0.211 e. The summed E-state index contributed by atoms with van der Waals surface area (Å²) < 4.78 is 0. The number of carbonyl (C=O) groups excluding carboxylic acids is 4. The van der Waals surface area contributed by atoms with Crippen molar-refractivity contribution in [3.05, 3.63) is 154 Å². The lowest BCUT2D eigenvalue weighted by Gasteiger charge is -2.39. The summed E-state index contributed by atoms with van der Waals surface area (Å²) in [7, 11) is 0. The third-order valence-corrected chi connectivity index (χ3v) is 11.1. The first-order valence-electron chi connectivity index (χ1n) is 15.7. The Balaban J connectivity index is 1.13. The molecular formula is C42H22O4. The quantitative estimate of drug-likeness (QED) is 0.134. The zero-order chi connectivity index (χ0) is 30.6. The predicted octanol–water partition coefficient (Wildman–Crippen LogP) is 7.76. The van der Waals surface area contributed by atoms with Crippen molar-refractivity contribution in [1.29, 1.82) is 0 Å². The van der Waals surface area contributed by atoms with Gasteiger partial charge in [0.2, 0.25) is 23.1 Å². The van der Waals surface area contributed by atoms with E-state index in [1.54, 1.807) is 0 Å². The summed E-state index contributed by atoms with van der Waals surface area (Å²) in [6.07, 6.45) is 0. The van der Waals surface area contributed by atoms with Crippen molar-refractivity contribution < 1.29 is 19.2 Å². The number of rotatable bonds is 0. The van der Waals surface area contributed by atoms with Crippen LogP contribution in [0.2, 0.25) is 0 Å². The SMILES string of the molecule is O=C1C(=O)C2c3cc4ccccc4cc3C1c1cc3cc4cc5c(cc4cc3cc12)C1C(=O)C(=O)C5c2cc3ccccc3cc21. The van der Waals surface area contributed by atoms with Crippen LogP contribution in [0.15, 0.2) is 109 Å². The number of benzene rings is 7. The van der Waals surface area contributed by atoms with Crippen LogP contribution in [0.25, 0.3) is 43.1 Å². The topological polar surface area (TPSA) is 68.3 Å². The monoisotopic (exact) mass is 590 g/mol. The number of Topliss-reactive ketones (excluding diaryl/α,β-unsaturated/α-hetero) is 4. The van der Waals surface area contributed by atoms with E-state index in [0.29, 0.717) is 0 Å². The molecule has 4 unspecified atom stereocenters. The maximum atomic E-state index is 13.5. The highest BCUT2D eigenvalue weighted by molar-refractivity contribution is 6.46. The molecule has 0 N–H and O–H groups in total. The lowest BCUT2D eigenvalue weighted by molar-refractivity contribution is -0.138. The summed E-state index contributed by atoms with van der Waals surface area (Å²) in [6.45, 7) is 0. The largest absolute Gasteiger partial charge is 0.290 e. The van der Waals surface area contributed by atoms with E-state index in [9.17, 15) is 19.2 Å². The van der Waals surface area contributed by atoms with Gasteiger partial charge in [-0.25, -0.2) is 0 Å². The minimum Gasteiger partial charge on any atom is -0.290 e. The summed E-state index contributed by atoms with van der Waals surface area (Å²) in [6, 6.07) is 37.1. The Morgan fingerprint density at radius 3 is 0.674 bits per heavy atom. The fourth-order valence-electron chi connectivity index (χ4n) is 9.09. The smallest absolute Gasteiger partial charge is 0.211 e. The van der Waals surface area contributed by atoms with Crippen molar-refractivity contribution in [2.45, 2.75) is 23.7 Å². The number of ketones is 4. The van der Waals surface area contributed by atoms with E-state index in [4.69, 9.17) is 0 Å². The van der Waals surface area contributed by atoms with Gasteiger partial charge in [-0.3, -0.25) is 19.2 Å². The second-order valence-corrected chi connectivity index (χ2v) is 13.4. The van der Waals surface area contributed by atoms with Crippen LogP contribution in [0, 0.1) is 0 Å². The Kier molecular flexibility index (Phi) is 4.32. The van der Waals surface area contributed by atoms with E-state index in [1.807, 2.05) is 48.5 Å². The van der Waals surface area contributed by atoms with Crippen LogP contribution in [-0.2, 0) is 19.2 Å². The van der Waals surface area contributed by atoms with Crippen LogP contribution >= 0.6 is 0 Å². The van der Waals surface area contributed by atoms with Crippen molar-refractivity contribution in [3.63, 3.8) is 0 Å².